The second-order valence-corrected chi connectivity index (χ2v) is 39.0. The molecule has 0 atom stereocenters. The molecule has 7 nitrogen and oxygen atoms in total. The van der Waals surface area contributed by atoms with Gasteiger partial charge in [0, 0.05) is 121 Å². The molecular formula is C135H82N4O3. The van der Waals surface area contributed by atoms with E-state index in [-0.39, 0.29) is 5.41 Å². The van der Waals surface area contributed by atoms with Crippen LogP contribution in [0.4, 0.5) is 17.1 Å². The highest BCUT2D eigenvalue weighted by Gasteiger charge is 2.41. The van der Waals surface area contributed by atoms with Crippen LogP contribution in [-0.4, -0.2) is 13.7 Å². The zero-order chi connectivity index (χ0) is 93.0. The molecule has 4 aliphatic rings. The minimum absolute atomic E-state index is 0.0341. The monoisotopic (exact) mass is 1810 g/mol. The summed E-state index contributed by atoms with van der Waals surface area (Å²) >= 11 is 0. The van der Waals surface area contributed by atoms with Gasteiger partial charge in [-0.15, -0.1) is 0 Å². The van der Waals surface area contributed by atoms with Crippen LogP contribution >= 0.6 is 0 Å². The van der Waals surface area contributed by atoms with E-state index in [4.69, 9.17) is 13.3 Å². The molecule has 4 aliphatic carbocycles. The predicted octanol–water partition coefficient (Wildman–Crippen LogP) is 37.6. The van der Waals surface area contributed by atoms with Gasteiger partial charge in [0.25, 0.3) is 0 Å². The number of anilines is 3. The van der Waals surface area contributed by atoms with Crippen LogP contribution in [0.3, 0.4) is 0 Å². The molecule has 142 heavy (non-hydrogen) atoms. The Morgan fingerprint density at radius 1 is 0.190 bits per heavy atom. The summed E-state index contributed by atoms with van der Waals surface area (Å²) in [6.07, 6.45) is 0. The van der Waals surface area contributed by atoms with Crippen molar-refractivity contribution in [3.05, 3.63) is 472 Å². The first kappa shape index (κ1) is 78.6. The van der Waals surface area contributed by atoms with Gasteiger partial charge in [0.1, 0.15) is 33.5 Å². The lowest BCUT2D eigenvalue weighted by molar-refractivity contribution is 0.661. The van der Waals surface area contributed by atoms with E-state index in [0.29, 0.717) is 0 Å². The van der Waals surface area contributed by atoms with E-state index in [2.05, 4.69) is 481 Å². The Morgan fingerprint density at radius 2 is 0.570 bits per heavy atom. The highest BCUT2D eigenvalue weighted by molar-refractivity contribution is 6.40. The van der Waals surface area contributed by atoms with Gasteiger partial charge in [-0.25, -0.2) is 0 Å². The predicted molar refractivity (Wildman–Crippen MR) is 593 cm³/mol. The highest BCUT2D eigenvalue weighted by atomic mass is 16.3. The molecule has 0 aliphatic heterocycles. The van der Waals surface area contributed by atoms with Crippen LogP contribution in [0, 0.1) is 0 Å². The SMILES string of the molecule is CC1(C)c2cccc3c2-c2c1ccc1ccc4c(c21)c1c-3cccc1n4-c1cccc(-c2cccc(-c3ccccc3)c2)c1.c1ccc(-c2cccc(N(c3cccc(-n4c5cccc6c5c5c7c(ccc8oc9cccc-6c9c87)ccc54)c3)c3ccc4c(c3)oc3ccccc34)c2)cc1.c1ccc(-c2ccccc2-c2ccccc2-n2c3cccc4c3c3c5c(ccc6oc7cccc-4c7c65)ccc32)cc1. The number of hydrogen-bond acceptors (Lipinski definition) is 4. The molecule has 29 aromatic rings. The Labute approximate surface area is 815 Å². The van der Waals surface area contributed by atoms with Crippen LogP contribution in [0.25, 0.3) is 281 Å². The molecule has 33 rings (SSSR count). The second-order valence-electron chi connectivity index (χ2n) is 39.0. The third kappa shape index (κ3) is 11.2. The summed E-state index contributed by atoms with van der Waals surface area (Å²) in [5.74, 6) is 0. The van der Waals surface area contributed by atoms with E-state index in [0.717, 1.165) is 72.6 Å². The van der Waals surface area contributed by atoms with Crippen LogP contribution < -0.4 is 4.90 Å². The molecule has 6 heterocycles. The quantitative estimate of drug-likeness (QED) is 0.129. The van der Waals surface area contributed by atoms with Gasteiger partial charge >= 0.3 is 0 Å². The van der Waals surface area contributed by atoms with E-state index in [9.17, 15) is 0 Å². The number of nitrogens with zero attached hydrogens (tertiary/aromatic N) is 4. The van der Waals surface area contributed by atoms with Crippen molar-refractivity contribution in [2.24, 2.45) is 0 Å². The normalized spacial score (nSPS) is 12.8. The lowest BCUT2D eigenvalue weighted by Gasteiger charge is -2.26. The molecule has 0 radical (unpaired) electrons. The first-order valence-corrected chi connectivity index (χ1v) is 49.1. The van der Waals surface area contributed by atoms with Crippen molar-refractivity contribution in [1.82, 2.24) is 13.7 Å². The molecule has 0 bridgehead atoms. The smallest absolute Gasteiger partial charge is 0.137 e. The van der Waals surface area contributed by atoms with Crippen molar-refractivity contribution in [3.63, 3.8) is 0 Å². The first-order valence-electron chi connectivity index (χ1n) is 49.1. The topological polar surface area (TPSA) is 57.5 Å². The van der Waals surface area contributed by atoms with Crippen molar-refractivity contribution in [1.29, 1.82) is 0 Å². The summed E-state index contributed by atoms with van der Waals surface area (Å²) in [6, 6.07) is 168. The molecule has 7 heteroatoms. The Morgan fingerprint density at radius 3 is 1.20 bits per heavy atom. The van der Waals surface area contributed by atoms with Crippen molar-refractivity contribution in [2.45, 2.75) is 19.3 Å². The van der Waals surface area contributed by atoms with Crippen molar-refractivity contribution in [2.75, 3.05) is 4.90 Å². The Hall–Kier alpha value is -18.6. The summed E-state index contributed by atoms with van der Waals surface area (Å²) in [4.78, 5) is 2.35. The van der Waals surface area contributed by atoms with Crippen LogP contribution in [-0.2, 0) is 5.41 Å². The highest BCUT2D eigenvalue weighted by Crippen LogP contribution is 2.61. The third-order valence-corrected chi connectivity index (χ3v) is 31.3. The van der Waals surface area contributed by atoms with Gasteiger partial charge in [-0.1, -0.05) is 335 Å². The molecule has 660 valence electrons. The Kier molecular flexibility index (Phi) is 16.5. The van der Waals surface area contributed by atoms with E-state index >= 15 is 0 Å². The summed E-state index contributed by atoms with van der Waals surface area (Å²) in [5.41, 5.74) is 44.9. The average Bonchev–Trinajstić information content (AvgIpc) is 1.51. The average molecular weight is 1810 g/mol. The van der Waals surface area contributed by atoms with Crippen molar-refractivity contribution < 1.29 is 13.3 Å². The number of hydrogen-bond donors (Lipinski definition) is 0. The maximum Gasteiger partial charge on any atom is 0.137 e. The molecule has 0 fully saturated rings. The number of benzene rings is 23. The maximum atomic E-state index is 6.49. The summed E-state index contributed by atoms with van der Waals surface area (Å²) in [5, 5.41) is 22.7. The lowest BCUT2D eigenvalue weighted by Crippen LogP contribution is -2.14. The zero-order valence-corrected chi connectivity index (χ0v) is 77.4. The van der Waals surface area contributed by atoms with Gasteiger partial charge in [0.15, 0.2) is 0 Å². The third-order valence-electron chi connectivity index (χ3n) is 31.3. The summed E-state index contributed by atoms with van der Waals surface area (Å²) in [6.45, 7) is 4.78. The molecule has 0 unspecified atom stereocenters. The van der Waals surface area contributed by atoms with Gasteiger partial charge in [0.2, 0.25) is 0 Å². The number of furan rings is 3. The molecule has 0 amide bonds. The summed E-state index contributed by atoms with van der Waals surface area (Å²) in [7, 11) is 0. The van der Waals surface area contributed by atoms with E-state index in [1.807, 2.05) is 12.1 Å². The van der Waals surface area contributed by atoms with Gasteiger partial charge in [-0.05, 0) is 261 Å². The van der Waals surface area contributed by atoms with Crippen molar-refractivity contribution >= 4 is 181 Å². The number of aromatic nitrogens is 3. The molecule has 23 aromatic carbocycles. The molecule has 0 saturated carbocycles. The fourth-order valence-electron chi connectivity index (χ4n) is 25.3. The molecule has 0 N–H and O–H groups in total. The standard InChI is InChI=1S/C52H30N2O2.C43H29N.C40H23NO/c1-2-10-31(11-3-1)33-12-6-13-34(28-33)53(37-24-25-39-38-16-4-5-20-44(38)55-47(39)30-37)35-14-7-15-36(29-35)54-42-19-8-17-40-41-18-9-21-45-50(41)52-46(56-45)27-23-32-22-26-43(54)51(48(32)52)49(40)42;1-43(2)34-18-8-16-32-33-17-9-19-36-40(33)42-37(23-21-27-20-22-35(43)41(38(27)42)39(32)34)44(36)31-15-7-14-30(25-31)29-13-6-12-28(24-29)26-10-4-3-5-11-26;1-2-10-24(11-3-1)26-12-4-5-13-27(26)28-14-6-7-17-31(28)41-32-18-8-15-29-30-16-9-19-34-38(30)40-35(42-34)23-21-25-20-22-33(41)39(36(25)40)37(29)32/h1-30H;3-25H,1-2H3;1-23H. The first-order chi connectivity index (χ1) is 70.2. The van der Waals surface area contributed by atoms with Crippen LogP contribution in [0.1, 0.15) is 25.0 Å². The molecular weight excluding hydrogens is 1730 g/mol. The van der Waals surface area contributed by atoms with Gasteiger partial charge in [0.05, 0.1) is 38.8 Å². The summed E-state index contributed by atoms with van der Waals surface area (Å²) < 4.78 is 26.8. The molecule has 6 aromatic heterocycles. The van der Waals surface area contributed by atoms with Crippen LogP contribution in [0.15, 0.2) is 474 Å². The van der Waals surface area contributed by atoms with Crippen LogP contribution in [0.5, 0.6) is 0 Å². The molecule has 0 saturated heterocycles. The van der Waals surface area contributed by atoms with Crippen molar-refractivity contribution in [3.8, 4) is 117 Å². The van der Waals surface area contributed by atoms with Gasteiger partial charge in [-0.2, -0.15) is 0 Å². The Bertz CT molecular complexity index is 10600. The largest absolute Gasteiger partial charge is 0.456 e. The number of rotatable bonds is 11. The Balaban J connectivity index is 0.0000000990. The lowest BCUT2D eigenvalue weighted by atomic mass is 9.81. The second kappa shape index (κ2) is 29.7. The fraction of sp³-hybridized carbons (Fsp3) is 0.0222. The fourth-order valence-corrected chi connectivity index (χ4v) is 25.3. The minimum atomic E-state index is -0.0341. The van der Waals surface area contributed by atoms with E-state index in [1.54, 1.807) is 0 Å². The van der Waals surface area contributed by atoms with Gasteiger partial charge < -0.3 is 31.9 Å². The van der Waals surface area contributed by atoms with E-state index in [1.165, 1.54) is 236 Å². The van der Waals surface area contributed by atoms with Gasteiger partial charge in [-0.3, -0.25) is 0 Å². The van der Waals surface area contributed by atoms with E-state index < -0.39 is 0 Å². The molecule has 0 spiro atoms. The van der Waals surface area contributed by atoms with Crippen LogP contribution in [0.2, 0.25) is 0 Å². The minimum Gasteiger partial charge on any atom is -0.456 e. The zero-order valence-electron chi connectivity index (χ0n) is 77.4. The number of fused-ring (bicyclic) bond motifs is 6. The number of para-hydroxylation sites is 2. The maximum absolute atomic E-state index is 6.49.